The van der Waals surface area contributed by atoms with Gasteiger partial charge < -0.3 is 5.32 Å². The highest BCUT2D eigenvalue weighted by Crippen LogP contribution is 2.41. The van der Waals surface area contributed by atoms with Gasteiger partial charge in [0.05, 0.1) is 0 Å². The van der Waals surface area contributed by atoms with Crippen LogP contribution in [-0.2, 0) is 0 Å². The minimum absolute atomic E-state index is 0.556. The molecule has 3 atom stereocenters. The third-order valence-corrected chi connectivity index (χ3v) is 5.42. The van der Waals surface area contributed by atoms with Gasteiger partial charge in [-0.3, -0.25) is 0 Å². The first-order valence-corrected chi connectivity index (χ1v) is 8.24. The highest BCUT2D eigenvalue weighted by Gasteiger charge is 2.37. The van der Waals surface area contributed by atoms with Crippen LogP contribution < -0.4 is 5.32 Å². The van der Waals surface area contributed by atoms with Crippen LogP contribution >= 0.6 is 0 Å². The van der Waals surface area contributed by atoms with E-state index in [1.165, 1.54) is 51.4 Å². The standard InChI is InChI=1S/C17H33N/c1-13-11-17(3,4)12-16(13)18-14(2)15-9-7-5-6-8-10-15/h13-16,18H,5-12H2,1-4H3/t13?,14-,16?/m1/s1. The molecular formula is C17H33N. The van der Waals surface area contributed by atoms with Crippen molar-refractivity contribution in [2.75, 3.05) is 0 Å². The molecule has 0 amide bonds. The predicted molar refractivity (Wildman–Crippen MR) is 79.8 cm³/mol. The monoisotopic (exact) mass is 251 g/mol. The molecule has 0 aromatic rings. The maximum Gasteiger partial charge on any atom is 0.0101 e. The summed E-state index contributed by atoms with van der Waals surface area (Å²) in [6.07, 6.45) is 11.5. The second-order valence-corrected chi connectivity index (χ2v) is 7.86. The molecule has 0 aliphatic heterocycles. The van der Waals surface area contributed by atoms with Crippen molar-refractivity contribution >= 4 is 0 Å². The maximum absolute atomic E-state index is 3.98. The summed E-state index contributed by atoms with van der Waals surface area (Å²) < 4.78 is 0. The zero-order chi connectivity index (χ0) is 13.2. The second kappa shape index (κ2) is 5.94. The Morgan fingerprint density at radius 1 is 1.00 bits per heavy atom. The van der Waals surface area contributed by atoms with Gasteiger partial charge in [-0.15, -0.1) is 0 Å². The summed E-state index contributed by atoms with van der Waals surface area (Å²) in [6.45, 7) is 9.74. The number of rotatable bonds is 3. The number of nitrogens with one attached hydrogen (secondary N) is 1. The van der Waals surface area contributed by atoms with Crippen LogP contribution in [0, 0.1) is 17.3 Å². The van der Waals surface area contributed by atoms with Crippen molar-refractivity contribution in [2.24, 2.45) is 17.3 Å². The molecular weight excluding hydrogens is 218 g/mol. The summed E-state index contributed by atoms with van der Waals surface area (Å²) in [6, 6.07) is 1.49. The summed E-state index contributed by atoms with van der Waals surface area (Å²) in [5.74, 6) is 1.79. The summed E-state index contributed by atoms with van der Waals surface area (Å²) in [4.78, 5) is 0. The zero-order valence-electron chi connectivity index (χ0n) is 13.0. The molecule has 18 heavy (non-hydrogen) atoms. The van der Waals surface area contributed by atoms with Gasteiger partial charge in [-0.05, 0) is 49.9 Å². The molecule has 0 saturated heterocycles. The van der Waals surface area contributed by atoms with Gasteiger partial charge in [0, 0.05) is 12.1 Å². The fourth-order valence-corrected chi connectivity index (χ4v) is 4.40. The second-order valence-electron chi connectivity index (χ2n) is 7.86. The molecule has 2 aliphatic rings. The molecule has 0 spiro atoms. The first-order chi connectivity index (χ1) is 8.48. The van der Waals surface area contributed by atoms with Gasteiger partial charge in [0.25, 0.3) is 0 Å². The molecule has 2 fully saturated rings. The third kappa shape index (κ3) is 3.73. The van der Waals surface area contributed by atoms with E-state index in [1.54, 1.807) is 0 Å². The van der Waals surface area contributed by atoms with Crippen LogP contribution in [0.15, 0.2) is 0 Å². The molecule has 1 N–H and O–H groups in total. The van der Waals surface area contributed by atoms with Crippen molar-refractivity contribution in [1.82, 2.24) is 5.32 Å². The van der Waals surface area contributed by atoms with Crippen molar-refractivity contribution < 1.29 is 0 Å². The van der Waals surface area contributed by atoms with Crippen molar-refractivity contribution in [3.8, 4) is 0 Å². The molecule has 0 radical (unpaired) electrons. The normalized spacial score (nSPS) is 35.3. The lowest BCUT2D eigenvalue weighted by molar-refractivity contribution is 0.283. The highest BCUT2D eigenvalue weighted by molar-refractivity contribution is 4.93. The first kappa shape index (κ1) is 14.4. The van der Waals surface area contributed by atoms with E-state index < -0.39 is 0 Å². The lowest BCUT2D eigenvalue weighted by Gasteiger charge is -2.29. The zero-order valence-corrected chi connectivity index (χ0v) is 13.0. The minimum Gasteiger partial charge on any atom is -0.311 e. The van der Waals surface area contributed by atoms with Gasteiger partial charge in [0.2, 0.25) is 0 Å². The Labute approximate surface area is 114 Å². The van der Waals surface area contributed by atoms with E-state index >= 15 is 0 Å². The van der Waals surface area contributed by atoms with Crippen molar-refractivity contribution in [3.63, 3.8) is 0 Å². The molecule has 2 saturated carbocycles. The molecule has 1 heteroatoms. The van der Waals surface area contributed by atoms with E-state index in [4.69, 9.17) is 0 Å². The van der Waals surface area contributed by atoms with Gasteiger partial charge >= 0.3 is 0 Å². The Bertz CT molecular complexity index is 250. The summed E-state index contributed by atoms with van der Waals surface area (Å²) in [7, 11) is 0. The quantitative estimate of drug-likeness (QED) is 0.713. The Morgan fingerprint density at radius 3 is 2.11 bits per heavy atom. The molecule has 0 aromatic carbocycles. The van der Waals surface area contributed by atoms with Gasteiger partial charge in [0.1, 0.15) is 0 Å². The lowest BCUT2D eigenvalue weighted by Crippen LogP contribution is -2.42. The molecule has 2 rings (SSSR count). The topological polar surface area (TPSA) is 12.0 Å². The molecule has 0 bridgehead atoms. The molecule has 1 nitrogen and oxygen atoms in total. The van der Waals surface area contributed by atoms with E-state index in [0.29, 0.717) is 5.41 Å². The number of hydrogen-bond acceptors (Lipinski definition) is 1. The Kier molecular flexibility index (Phi) is 4.75. The molecule has 0 aromatic heterocycles. The largest absolute Gasteiger partial charge is 0.311 e. The third-order valence-electron chi connectivity index (χ3n) is 5.42. The lowest BCUT2D eigenvalue weighted by atomic mass is 9.90. The van der Waals surface area contributed by atoms with Gasteiger partial charge in [-0.2, -0.15) is 0 Å². The highest BCUT2D eigenvalue weighted by atomic mass is 15.0. The van der Waals surface area contributed by atoms with Crippen molar-refractivity contribution in [1.29, 1.82) is 0 Å². The van der Waals surface area contributed by atoms with Crippen LogP contribution in [0.5, 0.6) is 0 Å². The van der Waals surface area contributed by atoms with Gasteiger partial charge in [-0.25, -0.2) is 0 Å². The van der Waals surface area contributed by atoms with Crippen molar-refractivity contribution in [2.45, 2.75) is 91.1 Å². The molecule has 2 unspecified atom stereocenters. The average Bonchev–Trinajstić information content (AvgIpc) is 2.50. The maximum atomic E-state index is 3.98. The van der Waals surface area contributed by atoms with Crippen LogP contribution in [0.4, 0.5) is 0 Å². The van der Waals surface area contributed by atoms with E-state index in [2.05, 4.69) is 33.0 Å². The molecule has 2 aliphatic carbocycles. The first-order valence-electron chi connectivity index (χ1n) is 8.24. The average molecular weight is 251 g/mol. The van der Waals surface area contributed by atoms with Gasteiger partial charge in [-0.1, -0.05) is 46.5 Å². The smallest absolute Gasteiger partial charge is 0.0101 e. The molecule has 106 valence electrons. The SMILES string of the molecule is CC1CC(C)(C)CC1N[C@H](C)C1CCCCCC1. The van der Waals surface area contributed by atoms with Gasteiger partial charge in [0.15, 0.2) is 0 Å². The number of hydrogen-bond donors (Lipinski definition) is 1. The van der Waals surface area contributed by atoms with Crippen molar-refractivity contribution in [3.05, 3.63) is 0 Å². The van der Waals surface area contributed by atoms with E-state index in [-0.39, 0.29) is 0 Å². The summed E-state index contributed by atoms with van der Waals surface area (Å²) >= 11 is 0. The fraction of sp³-hybridized carbons (Fsp3) is 1.00. The van der Waals surface area contributed by atoms with Crippen LogP contribution in [0.2, 0.25) is 0 Å². The van der Waals surface area contributed by atoms with Crippen LogP contribution in [0.1, 0.15) is 79.1 Å². The van der Waals surface area contributed by atoms with Crippen LogP contribution in [-0.4, -0.2) is 12.1 Å². The van der Waals surface area contributed by atoms with Crippen LogP contribution in [0.25, 0.3) is 0 Å². The van der Waals surface area contributed by atoms with E-state index in [9.17, 15) is 0 Å². The summed E-state index contributed by atoms with van der Waals surface area (Å²) in [5, 5.41) is 3.98. The predicted octanol–water partition coefficient (Wildman–Crippen LogP) is 4.76. The van der Waals surface area contributed by atoms with E-state index in [0.717, 1.165) is 23.9 Å². The Hall–Kier alpha value is -0.0400. The Morgan fingerprint density at radius 2 is 1.61 bits per heavy atom. The van der Waals surface area contributed by atoms with Crippen LogP contribution in [0.3, 0.4) is 0 Å². The minimum atomic E-state index is 0.556. The Balaban J connectivity index is 1.84. The fourth-order valence-electron chi connectivity index (χ4n) is 4.40. The summed E-state index contributed by atoms with van der Waals surface area (Å²) in [5.41, 5.74) is 0.556. The van der Waals surface area contributed by atoms with E-state index in [1.807, 2.05) is 0 Å². The molecule has 0 heterocycles.